The maximum absolute atomic E-state index is 12.1. The molecule has 0 aromatic heterocycles. The number of benzene rings is 1. The Hall–Kier alpha value is -0.970. The van der Waals surface area contributed by atoms with E-state index >= 15 is 0 Å². The van der Waals surface area contributed by atoms with Crippen molar-refractivity contribution < 1.29 is 9.90 Å². The van der Waals surface area contributed by atoms with Gasteiger partial charge in [0.1, 0.15) is 0 Å². The van der Waals surface area contributed by atoms with Crippen LogP contribution >= 0.6 is 23.2 Å². The maximum atomic E-state index is 12.1. The summed E-state index contributed by atoms with van der Waals surface area (Å²) in [5, 5.41) is 13.7. The molecule has 0 saturated heterocycles. The topological polar surface area (TPSA) is 75.3 Å². The number of carbonyl (C=O) groups is 1. The molecule has 1 fully saturated rings. The normalized spacial score (nSPS) is 25.6. The van der Waals surface area contributed by atoms with E-state index in [1.807, 2.05) is 0 Å². The first kappa shape index (κ1) is 16.4. The van der Waals surface area contributed by atoms with Crippen LogP contribution in [0.25, 0.3) is 0 Å². The van der Waals surface area contributed by atoms with Crippen molar-refractivity contribution in [3.63, 3.8) is 0 Å². The van der Waals surface area contributed by atoms with Gasteiger partial charge in [0, 0.05) is 12.1 Å². The molecule has 1 saturated carbocycles. The highest BCUT2D eigenvalue weighted by molar-refractivity contribution is 6.43. The van der Waals surface area contributed by atoms with Gasteiger partial charge in [-0.15, -0.1) is 0 Å². The maximum Gasteiger partial charge on any atom is 0.251 e. The molecule has 0 aliphatic heterocycles. The Morgan fingerprint density at radius 3 is 2.86 bits per heavy atom. The molecule has 1 aliphatic carbocycles. The fourth-order valence-electron chi connectivity index (χ4n) is 2.88. The third-order valence-corrected chi connectivity index (χ3v) is 4.78. The number of nitrogens with one attached hydrogen (secondary N) is 1. The summed E-state index contributed by atoms with van der Waals surface area (Å²) in [6, 6.07) is 2.96. The molecule has 4 N–H and O–H groups in total. The first-order valence-corrected chi connectivity index (χ1v) is 7.81. The average molecular weight is 331 g/mol. The predicted molar refractivity (Wildman–Crippen MR) is 85.8 cm³/mol. The Morgan fingerprint density at radius 1 is 1.52 bits per heavy atom. The summed E-state index contributed by atoms with van der Waals surface area (Å²) >= 11 is 11.8. The zero-order chi connectivity index (χ0) is 15.6. The lowest BCUT2D eigenvalue weighted by molar-refractivity contribution is -0.0109. The summed E-state index contributed by atoms with van der Waals surface area (Å²) in [4.78, 5) is 12.1. The molecular formula is C15H20Cl2N2O2. The highest BCUT2D eigenvalue weighted by atomic mass is 35.5. The Bertz CT molecular complexity index is 527. The summed E-state index contributed by atoms with van der Waals surface area (Å²) < 4.78 is 0. The summed E-state index contributed by atoms with van der Waals surface area (Å²) in [5.41, 5.74) is 5.48. The molecule has 2 rings (SSSR count). The first-order chi connectivity index (χ1) is 9.81. The molecule has 1 aromatic rings. The molecule has 0 radical (unpaired) electrons. The molecule has 1 aromatic carbocycles. The fraction of sp³-hybridized carbons (Fsp3) is 0.533. The van der Waals surface area contributed by atoms with E-state index in [2.05, 4.69) is 12.2 Å². The van der Waals surface area contributed by atoms with Crippen molar-refractivity contribution in [3.8, 4) is 0 Å². The Morgan fingerprint density at radius 2 is 2.24 bits per heavy atom. The van der Waals surface area contributed by atoms with E-state index in [9.17, 15) is 9.90 Å². The second-order valence-corrected chi connectivity index (χ2v) is 6.75. The van der Waals surface area contributed by atoms with Crippen molar-refractivity contribution >= 4 is 34.8 Å². The van der Waals surface area contributed by atoms with Crippen LogP contribution in [0.15, 0.2) is 12.1 Å². The monoisotopic (exact) mass is 330 g/mol. The van der Waals surface area contributed by atoms with Crippen molar-refractivity contribution in [1.29, 1.82) is 0 Å². The molecule has 0 spiro atoms. The molecule has 4 nitrogen and oxygen atoms in total. The number of nitrogens with two attached hydrogens (primary N) is 1. The van der Waals surface area contributed by atoms with Crippen LogP contribution in [0.3, 0.4) is 0 Å². The number of hydrogen-bond donors (Lipinski definition) is 3. The summed E-state index contributed by atoms with van der Waals surface area (Å²) in [6.45, 7) is 2.35. The van der Waals surface area contributed by atoms with Gasteiger partial charge in [0.15, 0.2) is 0 Å². The summed E-state index contributed by atoms with van der Waals surface area (Å²) in [5.74, 6) is 0.160. The molecule has 21 heavy (non-hydrogen) atoms. The molecule has 1 amide bonds. The Kier molecular flexibility index (Phi) is 5.02. The predicted octanol–water partition coefficient (Wildman–Crippen LogP) is 3.25. The lowest BCUT2D eigenvalue weighted by atomic mass is 9.79. The van der Waals surface area contributed by atoms with Crippen LogP contribution in [-0.4, -0.2) is 23.2 Å². The standard InChI is InChI=1S/C15H20Cl2N2O2/c1-9-3-2-4-15(21,7-9)8-19-14(20)10-5-11(16)13(17)12(18)6-10/h5-6,9,21H,2-4,7-8,18H2,1H3,(H,19,20). The van der Waals surface area contributed by atoms with Crippen molar-refractivity contribution in [1.82, 2.24) is 5.32 Å². The van der Waals surface area contributed by atoms with Gasteiger partial charge >= 0.3 is 0 Å². The van der Waals surface area contributed by atoms with Crippen LogP contribution in [0.5, 0.6) is 0 Å². The second-order valence-electron chi connectivity index (χ2n) is 5.97. The van der Waals surface area contributed by atoms with Gasteiger partial charge < -0.3 is 16.2 Å². The van der Waals surface area contributed by atoms with Crippen LogP contribution in [0.2, 0.25) is 10.0 Å². The van der Waals surface area contributed by atoms with Crippen molar-refractivity contribution in [2.45, 2.75) is 38.2 Å². The molecule has 2 unspecified atom stereocenters. The van der Waals surface area contributed by atoms with E-state index in [4.69, 9.17) is 28.9 Å². The van der Waals surface area contributed by atoms with E-state index in [1.165, 1.54) is 12.1 Å². The number of hydrogen-bond acceptors (Lipinski definition) is 3. The molecule has 6 heteroatoms. The van der Waals surface area contributed by atoms with Crippen LogP contribution in [0, 0.1) is 5.92 Å². The minimum absolute atomic E-state index is 0.232. The zero-order valence-electron chi connectivity index (χ0n) is 12.0. The number of amides is 1. The quantitative estimate of drug-likeness (QED) is 0.744. The molecule has 0 heterocycles. The average Bonchev–Trinajstić information content (AvgIpc) is 2.41. The number of nitrogen functional groups attached to an aromatic ring is 1. The lowest BCUT2D eigenvalue weighted by Gasteiger charge is -2.35. The van der Waals surface area contributed by atoms with Gasteiger partial charge in [-0.05, 0) is 30.9 Å². The van der Waals surface area contributed by atoms with Gasteiger partial charge in [-0.25, -0.2) is 0 Å². The molecule has 2 atom stereocenters. The Balaban J connectivity index is 2.02. The van der Waals surface area contributed by atoms with Gasteiger partial charge in [0.05, 0.1) is 21.3 Å². The highest BCUT2D eigenvalue weighted by Gasteiger charge is 2.32. The van der Waals surface area contributed by atoms with Gasteiger partial charge in [0.2, 0.25) is 0 Å². The molecule has 1 aliphatic rings. The van der Waals surface area contributed by atoms with Gasteiger partial charge in [0.25, 0.3) is 5.91 Å². The first-order valence-electron chi connectivity index (χ1n) is 7.06. The minimum Gasteiger partial charge on any atom is -0.397 e. The van der Waals surface area contributed by atoms with Crippen LogP contribution in [-0.2, 0) is 0 Å². The van der Waals surface area contributed by atoms with E-state index in [0.717, 1.165) is 12.8 Å². The van der Waals surface area contributed by atoms with Crippen molar-refractivity contribution in [3.05, 3.63) is 27.7 Å². The van der Waals surface area contributed by atoms with Gasteiger partial charge in [-0.1, -0.05) is 43.0 Å². The lowest BCUT2D eigenvalue weighted by Crippen LogP contribution is -2.45. The number of anilines is 1. The summed E-state index contributed by atoms with van der Waals surface area (Å²) in [6.07, 6.45) is 3.52. The van der Waals surface area contributed by atoms with Gasteiger partial charge in [-0.2, -0.15) is 0 Å². The number of carbonyl (C=O) groups excluding carboxylic acids is 1. The highest BCUT2D eigenvalue weighted by Crippen LogP contribution is 2.32. The molecular weight excluding hydrogens is 311 g/mol. The third-order valence-electron chi connectivity index (χ3n) is 3.96. The third kappa shape index (κ3) is 4.02. The van der Waals surface area contributed by atoms with E-state index in [1.54, 1.807) is 0 Å². The van der Waals surface area contributed by atoms with Crippen LogP contribution in [0.4, 0.5) is 5.69 Å². The summed E-state index contributed by atoms with van der Waals surface area (Å²) in [7, 11) is 0. The van der Waals surface area contributed by atoms with E-state index in [0.29, 0.717) is 24.3 Å². The number of halogens is 2. The van der Waals surface area contributed by atoms with E-state index < -0.39 is 5.60 Å². The van der Waals surface area contributed by atoms with Crippen LogP contribution in [0.1, 0.15) is 43.0 Å². The SMILES string of the molecule is CC1CCCC(O)(CNC(=O)c2cc(N)c(Cl)c(Cl)c2)C1. The molecule has 116 valence electrons. The molecule has 0 bridgehead atoms. The smallest absolute Gasteiger partial charge is 0.251 e. The van der Waals surface area contributed by atoms with E-state index in [-0.39, 0.29) is 28.2 Å². The number of aliphatic hydroxyl groups is 1. The van der Waals surface area contributed by atoms with Crippen molar-refractivity contribution in [2.24, 2.45) is 5.92 Å². The van der Waals surface area contributed by atoms with Crippen LogP contribution < -0.4 is 11.1 Å². The zero-order valence-corrected chi connectivity index (χ0v) is 13.5. The minimum atomic E-state index is -0.824. The second kappa shape index (κ2) is 6.42. The number of rotatable bonds is 3. The Labute approximate surface area is 134 Å². The van der Waals surface area contributed by atoms with Gasteiger partial charge in [-0.3, -0.25) is 4.79 Å². The fourth-order valence-corrected chi connectivity index (χ4v) is 3.22. The largest absolute Gasteiger partial charge is 0.397 e. The van der Waals surface area contributed by atoms with Crippen molar-refractivity contribution in [2.75, 3.05) is 12.3 Å².